The zero-order chi connectivity index (χ0) is 13.7. The maximum Gasteiger partial charge on any atom is 0.247 e. The van der Waals surface area contributed by atoms with E-state index in [2.05, 4.69) is 15.5 Å². The molecule has 0 fully saturated rings. The summed E-state index contributed by atoms with van der Waals surface area (Å²) in [5.74, 6) is 1.03. The maximum atomic E-state index is 9.86. The molecule has 2 N–H and O–H groups in total. The number of rotatable bonds is 6. The molecule has 5 heteroatoms. The lowest BCUT2D eigenvalue weighted by molar-refractivity contribution is 0.0550. The third-order valence-corrected chi connectivity index (χ3v) is 3.03. The molecule has 1 aromatic heterocycles. The van der Waals surface area contributed by atoms with E-state index >= 15 is 0 Å². The van der Waals surface area contributed by atoms with Crippen LogP contribution < -0.4 is 5.32 Å². The fourth-order valence-electron chi connectivity index (χ4n) is 1.59. The predicted molar refractivity (Wildman–Crippen MR) is 72.4 cm³/mol. The zero-order valence-corrected chi connectivity index (χ0v) is 11.3. The molecular weight excluding hydrogens is 242 g/mol. The fourth-order valence-corrected chi connectivity index (χ4v) is 1.59. The van der Waals surface area contributed by atoms with Gasteiger partial charge >= 0.3 is 0 Å². The molecule has 0 saturated heterocycles. The van der Waals surface area contributed by atoms with Crippen molar-refractivity contribution in [2.24, 2.45) is 0 Å². The van der Waals surface area contributed by atoms with E-state index in [0.717, 1.165) is 5.56 Å². The highest BCUT2D eigenvalue weighted by molar-refractivity contribution is 5.51. The molecule has 1 unspecified atom stereocenters. The highest BCUT2D eigenvalue weighted by atomic mass is 16.4. The van der Waals surface area contributed by atoms with Crippen LogP contribution in [-0.2, 0) is 6.54 Å². The molecule has 19 heavy (non-hydrogen) atoms. The van der Waals surface area contributed by atoms with E-state index in [-0.39, 0.29) is 0 Å². The molecule has 102 valence electrons. The van der Waals surface area contributed by atoms with Crippen LogP contribution in [0.2, 0.25) is 0 Å². The van der Waals surface area contributed by atoms with Crippen LogP contribution >= 0.6 is 0 Å². The van der Waals surface area contributed by atoms with Crippen molar-refractivity contribution in [3.8, 4) is 11.5 Å². The van der Waals surface area contributed by atoms with Gasteiger partial charge in [-0.15, -0.1) is 10.2 Å². The van der Waals surface area contributed by atoms with Crippen molar-refractivity contribution in [2.75, 3.05) is 6.54 Å². The number of hydrogen-bond donors (Lipinski definition) is 2. The standard InChI is InChI=1S/C14H19N3O2/c1-3-14(2,18)10-15-9-12-16-17-13(19-12)11-7-5-4-6-8-11/h4-8,15,18H,3,9-10H2,1-2H3. The van der Waals surface area contributed by atoms with Crippen LogP contribution in [0.15, 0.2) is 34.7 Å². The van der Waals surface area contributed by atoms with Crippen molar-refractivity contribution < 1.29 is 9.52 Å². The summed E-state index contributed by atoms with van der Waals surface area (Å²) in [7, 11) is 0. The zero-order valence-electron chi connectivity index (χ0n) is 11.3. The minimum Gasteiger partial charge on any atom is -0.419 e. The van der Waals surface area contributed by atoms with Crippen LogP contribution in [0.4, 0.5) is 0 Å². The van der Waals surface area contributed by atoms with E-state index in [1.54, 1.807) is 6.92 Å². The second kappa shape index (κ2) is 5.95. The lowest BCUT2D eigenvalue weighted by atomic mass is 10.0. The molecule has 1 heterocycles. The molecule has 0 bridgehead atoms. The molecule has 1 aromatic carbocycles. The summed E-state index contributed by atoms with van der Waals surface area (Å²) in [5, 5.41) is 20.9. The molecule has 0 saturated carbocycles. The molecule has 0 radical (unpaired) electrons. The van der Waals surface area contributed by atoms with Crippen LogP contribution in [0.25, 0.3) is 11.5 Å². The summed E-state index contributed by atoms with van der Waals surface area (Å²) in [6.07, 6.45) is 0.694. The fraction of sp³-hybridized carbons (Fsp3) is 0.429. The first-order valence-corrected chi connectivity index (χ1v) is 6.41. The summed E-state index contributed by atoms with van der Waals surface area (Å²) < 4.78 is 5.55. The van der Waals surface area contributed by atoms with Crippen molar-refractivity contribution in [2.45, 2.75) is 32.4 Å². The van der Waals surface area contributed by atoms with Crippen LogP contribution in [0.1, 0.15) is 26.2 Å². The van der Waals surface area contributed by atoms with Crippen LogP contribution in [0, 0.1) is 0 Å². The Morgan fingerprint density at radius 2 is 2.00 bits per heavy atom. The van der Waals surface area contributed by atoms with E-state index in [4.69, 9.17) is 4.42 Å². The first-order valence-electron chi connectivity index (χ1n) is 6.41. The van der Waals surface area contributed by atoms with E-state index in [1.165, 1.54) is 0 Å². The monoisotopic (exact) mass is 261 g/mol. The Morgan fingerprint density at radius 1 is 1.26 bits per heavy atom. The molecule has 2 aromatic rings. The first kappa shape index (κ1) is 13.7. The van der Waals surface area contributed by atoms with E-state index < -0.39 is 5.60 Å². The van der Waals surface area contributed by atoms with Crippen molar-refractivity contribution in [1.82, 2.24) is 15.5 Å². The van der Waals surface area contributed by atoms with Crippen LogP contribution in [-0.4, -0.2) is 27.4 Å². The Balaban J connectivity index is 1.92. The molecule has 0 aliphatic rings. The molecular formula is C14H19N3O2. The molecule has 0 aliphatic carbocycles. The van der Waals surface area contributed by atoms with Gasteiger partial charge in [0.05, 0.1) is 12.1 Å². The minimum atomic E-state index is -0.706. The van der Waals surface area contributed by atoms with Crippen molar-refractivity contribution in [3.63, 3.8) is 0 Å². The number of hydrogen-bond acceptors (Lipinski definition) is 5. The Kier molecular flexibility index (Phi) is 4.29. The van der Waals surface area contributed by atoms with Gasteiger partial charge in [-0.25, -0.2) is 0 Å². The molecule has 5 nitrogen and oxygen atoms in total. The van der Waals surface area contributed by atoms with Gasteiger partial charge < -0.3 is 14.8 Å². The summed E-state index contributed by atoms with van der Waals surface area (Å²) in [4.78, 5) is 0. The average molecular weight is 261 g/mol. The average Bonchev–Trinajstić information content (AvgIpc) is 2.88. The summed E-state index contributed by atoms with van der Waals surface area (Å²) in [6, 6.07) is 9.64. The normalized spacial score (nSPS) is 14.3. The van der Waals surface area contributed by atoms with Crippen molar-refractivity contribution in [3.05, 3.63) is 36.2 Å². The van der Waals surface area contributed by atoms with E-state index in [9.17, 15) is 5.11 Å². The van der Waals surface area contributed by atoms with Gasteiger partial charge in [0.15, 0.2) is 0 Å². The topological polar surface area (TPSA) is 71.2 Å². The second-order valence-electron chi connectivity index (χ2n) is 4.82. The third kappa shape index (κ3) is 3.87. The SMILES string of the molecule is CCC(C)(O)CNCc1nnc(-c2ccccc2)o1. The van der Waals surface area contributed by atoms with Gasteiger partial charge in [0.2, 0.25) is 11.8 Å². The quantitative estimate of drug-likeness (QED) is 0.832. The smallest absolute Gasteiger partial charge is 0.247 e. The lowest BCUT2D eigenvalue weighted by Crippen LogP contribution is -2.36. The van der Waals surface area contributed by atoms with Crippen molar-refractivity contribution in [1.29, 1.82) is 0 Å². The van der Waals surface area contributed by atoms with Gasteiger partial charge in [-0.05, 0) is 25.5 Å². The number of aliphatic hydroxyl groups is 1. The number of nitrogens with zero attached hydrogens (tertiary/aromatic N) is 2. The van der Waals surface area contributed by atoms with E-state index in [0.29, 0.717) is 31.3 Å². The Labute approximate surface area is 112 Å². The number of benzene rings is 1. The summed E-state index contributed by atoms with van der Waals surface area (Å²) >= 11 is 0. The lowest BCUT2D eigenvalue weighted by Gasteiger charge is -2.20. The van der Waals surface area contributed by atoms with Gasteiger partial charge in [0.25, 0.3) is 0 Å². The van der Waals surface area contributed by atoms with Crippen LogP contribution in [0.3, 0.4) is 0 Å². The van der Waals surface area contributed by atoms with Gasteiger partial charge in [-0.1, -0.05) is 25.1 Å². The molecule has 1 atom stereocenters. The Bertz CT molecular complexity index is 508. The van der Waals surface area contributed by atoms with Crippen LogP contribution in [0.5, 0.6) is 0 Å². The van der Waals surface area contributed by atoms with Gasteiger partial charge in [0.1, 0.15) is 0 Å². The summed E-state index contributed by atoms with van der Waals surface area (Å²) in [6.45, 7) is 4.69. The largest absolute Gasteiger partial charge is 0.419 e. The first-order chi connectivity index (χ1) is 9.11. The number of nitrogens with one attached hydrogen (secondary N) is 1. The summed E-state index contributed by atoms with van der Waals surface area (Å²) in [5.41, 5.74) is 0.198. The van der Waals surface area contributed by atoms with Gasteiger partial charge in [-0.2, -0.15) is 0 Å². The van der Waals surface area contributed by atoms with Crippen molar-refractivity contribution >= 4 is 0 Å². The number of aromatic nitrogens is 2. The molecule has 2 rings (SSSR count). The highest BCUT2D eigenvalue weighted by Crippen LogP contribution is 2.16. The highest BCUT2D eigenvalue weighted by Gasteiger charge is 2.17. The predicted octanol–water partition coefficient (Wildman–Crippen LogP) is 1.99. The van der Waals surface area contributed by atoms with Gasteiger partial charge in [0, 0.05) is 12.1 Å². The van der Waals surface area contributed by atoms with E-state index in [1.807, 2.05) is 37.3 Å². The Morgan fingerprint density at radius 3 is 2.68 bits per heavy atom. The molecule has 0 amide bonds. The molecule has 0 aliphatic heterocycles. The maximum absolute atomic E-state index is 9.86. The Hall–Kier alpha value is -1.72. The minimum absolute atomic E-state index is 0.454. The third-order valence-electron chi connectivity index (χ3n) is 3.03. The van der Waals surface area contributed by atoms with Gasteiger partial charge in [-0.3, -0.25) is 0 Å². The second-order valence-corrected chi connectivity index (χ2v) is 4.82. The molecule has 0 spiro atoms.